The van der Waals surface area contributed by atoms with Gasteiger partial charge in [0.15, 0.2) is 0 Å². The van der Waals surface area contributed by atoms with Crippen molar-refractivity contribution in [3.8, 4) is 0 Å². The molecule has 4 heteroatoms. The standard InChI is InChI=1S/C14H21NO3/c1-18-11-13(10-16)15-14(17)9-5-8-12-6-3-2-4-7-12/h2-4,6-7,13,16H,5,8-11H2,1H3,(H,15,17). The van der Waals surface area contributed by atoms with Gasteiger partial charge in [-0.25, -0.2) is 0 Å². The second kappa shape index (κ2) is 8.66. The monoisotopic (exact) mass is 251 g/mol. The van der Waals surface area contributed by atoms with E-state index in [9.17, 15) is 4.79 Å². The molecule has 0 bridgehead atoms. The topological polar surface area (TPSA) is 58.6 Å². The molecule has 1 atom stereocenters. The smallest absolute Gasteiger partial charge is 0.220 e. The number of nitrogens with one attached hydrogen (secondary N) is 1. The quantitative estimate of drug-likeness (QED) is 0.728. The Morgan fingerprint density at radius 2 is 2.11 bits per heavy atom. The fourth-order valence-electron chi connectivity index (χ4n) is 1.74. The molecule has 0 aliphatic heterocycles. The lowest BCUT2D eigenvalue weighted by molar-refractivity contribution is -0.122. The number of aryl methyl sites for hydroxylation is 1. The average molecular weight is 251 g/mol. The number of aliphatic hydroxyl groups is 1. The van der Waals surface area contributed by atoms with E-state index in [0.29, 0.717) is 13.0 Å². The molecule has 0 heterocycles. The molecule has 0 radical (unpaired) electrons. The van der Waals surface area contributed by atoms with Crippen LogP contribution < -0.4 is 5.32 Å². The number of amides is 1. The van der Waals surface area contributed by atoms with Crippen molar-refractivity contribution in [3.63, 3.8) is 0 Å². The number of carbonyl (C=O) groups excluding carboxylic acids is 1. The first kappa shape index (κ1) is 14.7. The predicted molar refractivity (Wildman–Crippen MR) is 70.3 cm³/mol. The van der Waals surface area contributed by atoms with E-state index in [2.05, 4.69) is 17.4 Å². The van der Waals surface area contributed by atoms with Gasteiger partial charge >= 0.3 is 0 Å². The van der Waals surface area contributed by atoms with Gasteiger partial charge in [0, 0.05) is 13.5 Å². The van der Waals surface area contributed by atoms with Gasteiger partial charge in [0.25, 0.3) is 0 Å². The van der Waals surface area contributed by atoms with E-state index in [4.69, 9.17) is 9.84 Å². The number of ether oxygens (including phenoxy) is 1. The maximum Gasteiger partial charge on any atom is 0.220 e. The molecule has 0 saturated heterocycles. The lowest BCUT2D eigenvalue weighted by Gasteiger charge is -2.15. The van der Waals surface area contributed by atoms with E-state index < -0.39 is 0 Å². The van der Waals surface area contributed by atoms with Crippen molar-refractivity contribution in [1.29, 1.82) is 0 Å². The summed E-state index contributed by atoms with van der Waals surface area (Å²) in [7, 11) is 1.55. The highest BCUT2D eigenvalue weighted by Gasteiger charge is 2.10. The van der Waals surface area contributed by atoms with Crippen LogP contribution in [0.2, 0.25) is 0 Å². The fourth-order valence-corrected chi connectivity index (χ4v) is 1.74. The Morgan fingerprint density at radius 1 is 1.39 bits per heavy atom. The summed E-state index contributed by atoms with van der Waals surface area (Å²) in [6, 6.07) is 9.77. The van der Waals surface area contributed by atoms with Crippen LogP contribution in [0.1, 0.15) is 18.4 Å². The molecule has 0 fully saturated rings. The molecule has 2 N–H and O–H groups in total. The summed E-state index contributed by atoms with van der Waals surface area (Å²) in [5.41, 5.74) is 1.24. The van der Waals surface area contributed by atoms with Gasteiger partial charge in [-0.15, -0.1) is 0 Å². The molecule has 18 heavy (non-hydrogen) atoms. The van der Waals surface area contributed by atoms with Gasteiger partial charge in [0.05, 0.1) is 19.3 Å². The number of methoxy groups -OCH3 is 1. The second-order valence-corrected chi connectivity index (χ2v) is 4.24. The minimum absolute atomic E-state index is 0.0398. The number of rotatable bonds is 8. The van der Waals surface area contributed by atoms with Crippen LogP contribution in [0.4, 0.5) is 0 Å². The van der Waals surface area contributed by atoms with Crippen LogP contribution in [0.3, 0.4) is 0 Å². The van der Waals surface area contributed by atoms with Gasteiger partial charge in [-0.05, 0) is 18.4 Å². The largest absolute Gasteiger partial charge is 0.394 e. The second-order valence-electron chi connectivity index (χ2n) is 4.24. The number of benzene rings is 1. The Balaban J connectivity index is 2.20. The SMILES string of the molecule is COCC(CO)NC(=O)CCCc1ccccc1. The molecule has 0 saturated carbocycles. The van der Waals surface area contributed by atoms with Crippen molar-refractivity contribution in [2.45, 2.75) is 25.3 Å². The van der Waals surface area contributed by atoms with Crippen molar-refractivity contribution in [2.75, 3.05) is 20.3 Å². The molecule has 1 rings (SSSR count). The third-order valence-electron chi connectivity index (χ3n) is 2.67. The molecule has 0 aromatic heterocycles. The van der Waals surface area contributed by atoms with E-state index in [1.165, 1.54) is 5.56 Å². The summed E-state index contributed by atoms with van der Waals surface area (Å²) in [5.74, 6) is -0.0398. The van der Waals surface area contributed by atoms with Crippen LogP contribution in [-0.2, 0) is 16.0 Å². The molecule has 1 unspecified atom stereocenters. The van der Waals surface area contributed by atoms with Crippen molar-refractivity contribution >= 4 is 5.91 Å². The molecular formula is C14H21NO3. The Kier molecular flexibility index (Phi) is 7.06. The summed E-state index contributed by atoms with van der Waals surface area (Å²) in [6.07, 6.45) is 2.17. The van der Waals surface area contributed by atoms with Gasteiger partial charge in [0.1, 0.15) is 0 Å². The molecule has 0 aliphatic carbocycles. The Bertz CT molecular complexity index is 340. The first-order chi connectivity index (χ1) is 8.76. The number of hydrogen-bond donors (Lipinski definition) is 2. The van der Waals surface area contributed by atoms with E-state index >= 15 is 0 Å². The summed E-state index contributed by atoms with van der Waals surface area (Å²) in [4.78, 5) is 11.6. The van der Waals surface area contributed by atoms with Gasteiger partial charge in [-0.2, -0.15) is 0 Å². The fraction of sp³-hybridized carbons (Fsp3) is 0.500. The highest BCUT2D eigenvalue weighted by atomic mass is 16.5. The minimum Gasteiger partial charge on any atom is -0.394 e. The summed E-state index contributed by atoms with van der Waals surface area (Å²) < 4.78 is 4.89. The lowest BCUT2D eigenvalue weighted by atomic mass is 10.1. The zero-order valence-corrected chi connectivity index (χ0v) is 10.8. The molecule has 4 nitrogen and oxygen atoms in total. The lowest BCUT2D eigenvalue weighted by Crippen LogP contribution is -2.40. The molecule has 1 aromatic rings. The summed E-state index contributed by atoms with van der Waals surface area (Å²) in [6.45, 7) is 0.235. The van der Waals surface area contributed by atoms with Crippen LogP contribution >= 0.6 is 0 Å². The normalized spacial score (nSPS) is 12.1. The van der Waals surface area contributed by atoms with E-state index in [-0.39, 0.29) is 18.6 Å². The van der Waals surface area contributed by atoms with Crippen molar-refractivity contribution in [2.24, 2.45) is 0 Å². The minimum atomic E-state index is -0.306. The average Bonchev–Trinajstić information content (AvgIpc) is 2.39. The van der Waals surface area contributed by atoms with Crippen LogP contribution in [0.25, 0.3) is 0 Å². The Hall–Kier alpha value is -1.39. The van der Waals surface area contributed by atoms with Crippen LogP contribution in [-0.4, -0.2) is 37.4 Å². The summed E-state index contributed by atoms with van der Waals surface area (Å²) in [5, 5.41) is 11.8. The Morgan fingerprint density at radius 3 is 2.72 bits per heavy atom. The van der Waals surface area contributed by atoms with E-state index in [1.54, 1.807) is 7.11 Å². The van der Waals surface area contributed by atoms with Crippen molar-refractivity contribution in [1.82, 2.24) is 5.32 Å². The number of aliphatic hydroxyl groups excluding tert-OH is 1. The molecule has 0 spiro atoms. The number of hydrogen-bond acceptors (Lipinski definition) is 3. The molecular weight excluding hydrogens is 230 g/mol. The Labute approximate surface area is 108 Å². The molecule has 1 amide bonds. The molecule has 0 aliphatic rings. The van der Waals surface area contributed by atoms with Crippen LogP contribution in [0.15, 0.2) is 30.3 Å². The highest BCUT2D eigenvalue weighted by Crippen LogP contribution is 2.04. The van der Waals surface area contributed by atoms with Gasteiger partial charge in [-0.3, -0.25) is 4.79 Å². The van der Waals surface area contributed by atoms with Crippen molar-refractivity contribution in [3.05, 3.63) is 35.9 Å². The van der Waals surface area contributed by atoms with Gasteiger partial charge in [-0.1, -0.05) is 30.3 Å². The highest BCUT2D eigenvalue weighted by molar-refractivity contribution is 5.76. The zero-order valence-electron chi connectivity index (χ0n) is 10.8. The van der Waals surface area contributed by atoms with Crippen LogP contribution in [0.5, 0.6) is 0 Å². The maximum absolute atomic E-state index is 11.6. The third-order valence-corrected chi connectivity index (χ3v) is 2.67. The van der Waals surface area contributed by atoms with E-state index in [0.717, 1.165) is 12.8 Å². The summed E-state index contributed by atoms with van der Waals surface area (Å²) >= 11 is 0. The first-order valence-electron chi connectivity index (χ1n) is 6.19. The van der Waals surface area contributed by atoms with Crippen LogP contribution in [0, 0.1) is 0 Å². The zero-order chi connectivity index (χ0) is 13.2. The van der Waals surface area contributed by atoms with Gasteiger partial charge in [0.2, 0.25) is 5.91 Å². The van der Waals surface area contributed by atoms with Crippen molar-refractivity contribution < 1.29 is 14.6 Å². The third kappa shape index (κ3) is 5.80. The first-order valence-corrected chi connectivity index (χ1v) is 6.19. The maximum atomic E-state index is 11.6. The number of carbonyl (C=O) groups is 1. The van der Waals surface area contributed by atoms with E-state index in [1.807, 2.05) is 18.2 Å². The molecule has 1 aromatic carbocycles. The molecule has 100 valence electrons. The predicted octanol–water partition coefficient (Wildman–Crippen LogP) is 1.13. The van der Waals surface area contributed by atoms with Gasteiger partial charge < -0.3 is 15.2 Å².